The Hall–Kier alpha value is -1.64. The van der Waals surface area contributed by atoms with E-state index in [1.165, 1.54) is 10.9 Å². The number of carbonyl (C=O) groups is 2. The molecule has 3 N–H and O–H groups in total. The fourth-order valence-electron chi connectivity index (χ4n) is 2.42. The molecule has 0 radical (unpaired) electrons. The van der Waals surface area contributed by atoms with Crippen LogP contribution in [0, 0.1) is 5.92 Å². The fourth-order valence-corrected chi connectivity index (χ4v) is 2.42. The molecule has 1 aromatic heterocycles. The Labute approximate surface area is 148 Å². The molecule has 2 rings (SSSR count). The van der Waals surface area contributed by atoms with Crippen LogP contribution in [0.5, 0.6) is 0 Å². The zero-order chi connectivity index (χ0) is 16.8. The molecule has 0 spiro atoms. The average Bonchev–Trinajstić information content (AvgIpc) is 2.94. The normalized spacial score (nSPS) is 15.8. The molecule has 0 aromatic carbocycles. The lowest BCUT2D eigenvalue weighted by molar-refractivity contribution is -0.136. The van der Waals surface area contributed by atoms with Crippen LogP contribution in [-0.4, -0.2) is 58.8 Å². The Bertz CT molecular complexity index is 543. The van der Waals surface area contributed by atoms with Crippen molar-refractivity contribution in [2.24, 2.45) is 11.7 Å². The second kappa shape index (κ2) is 9.61. The van der Waals surface area contributed by atoms with Crippen molar-refractivity contribution < 1.29 is 14.3 Å². The summed E-state index contributed by atoms with van der Waals surface area (Å²) in [6.07, 6.45) is 3.78. The predicted molar refractivity (Wildman–Crippen MR) is 92.9 cm³/mol. The number of hydrogen-bond donors (Lipinski definition) is 2. The van der Waals surface area contributed by atoms with Crippen molar-refractivity contribution in [2.45, 2.75) is 32.9 Å². The highest BCUT2D eigenvalue weighted by atomic mass is 35.5. The first-order valence-electron chi connectivity index (χ1n) is 7.90. The molecule has 1 atom stereocenters. The lowest BCUT2D eigenvalue weighted by Crippen LogP contribution is -2.42. The molecule has 1 aliphatic heterocycles. The summed E-state index contributed by atoms with van der Waals surface area (Å²) in [4.78, 5) is 25.8. The van der Waals surface area contributed by atoms with Gasteiger partial charge in [0.2, 0.25) is 11.8 Å². The Balaban J connectivity index is 0.00000288. The van der Waals surface area contributed by atoms with Crippen LogP contribution in [0.1, 0.15) is 20.3 Å². The molecule has 0 unspecified atom stereocenters. The highest BCUT2D eigenvalue weighted by Crippen LogP contribution is 2.09. The lowest BCUT2D eigenvalue weighted by Gasteiger charge is -2.26. The largest absolute Gasteiger partial charge is 0.378 e. The summed E-state index contributed by atoms with van der Waals surface area (Å²) in [5, 5.41) is 6.83. The van der Waals surface area contributed by atoms with E-state index in [1.807, 2.05) is 13.8 Å². The molecule has 1 aliphatic rings. The summed E-state index contributed by atoms with van der Waals surface area (Å²) in [6, 6.07) is -0.548. The molecule has 9 heteroatoms. The van der Waals surface area contributed by atoms with E-state index in [-0.39, 0.29) is 30.8 Å². The summed E-state index contributed by atoms with van der Waals surface area (Å²) in [5.41, 5.74) is 6.38. The SMILES string of the molecule is CC(C)C[C@H](N)C(=O)Nc1cnn(CC(=O)N2CCOCC2)c1.Cl. The Morgan fingerprint density at radius 1 is 1.38 bits per heavy atom. The monoisotopic (exact) mass is 359 g/mol. The molecule has 0 saturated carbocycles. The molecular formula is C15H26ClN5O3. The Morgan fingerprint density at radius 2 is 2.04 bits per heavy atom. The van der Waals surface area contributed by atoms with Gasteiger partial charge in [-0.15, -0.1) is 12.4 Å². The third-order valence-corrected chi connectivity index (χ3v) is 3.62. The first kappa shape index (κ1) is 20.4. The van der Waals surface area contributed by atoms with Crippen molar-refractivity contribution in [3.05, 3.63) is 12.4 Å². The maximum atomic E-state index is 12.1. The smallest absolute Gasteiger partial charge is 0.244 e. The molecule has 24 heavy (non-hydrogen) atoms. The van der Waals surface area contributed by atoms with Crippen molar-refractivity contribution in [3.63, 3.8) is 0 Å². The molecule has 8 nitrogen and oxygen atoms in total. The number of nitrogens with zero attached hydrogens (tertiary/aromatic N) is 3. The van der Waals surface area contributed by atoms with Gasteiger partial charge in [-0.1, -0.05) is 13.8 Å². The standard InChI is InChI=1S/C15H25N5O3.ClH/c1-11(2)7-13(16)15(22)18-12-8-17-20(9-12)10-14(21)19-3-5-23-6-4-19;/h8-9,11,13H,3-7,10,16H2,1-2H3,(H,18,22);1H/t13-;/m0./s1. The van der Waals surface area contributed by atoms with Crippen molar-refractivity contribution in [1.29, 1.82) is 0 Å². The van der Waals surface area contributed by atoms with Crippen LogP contribution in [0.2, 0.25) is 0 Å². The van der Waals surface area contributed by atoms with Gasteiger partial charge in [0.15, 0.2) is 0 Å². The molecule has 1 saturated heterocycles. The molecule has 2 heterocycles. The highest BCUT2D eigenvalue weighted by molar-refractivity contribution is 5.94. The summed E-state index contributed by atoms with van der Waals surface area (Å²) in [7, 11) is 0. The molecule has 136 valence electrons. The van der Waals surface area contributed by atoms with Gasteiger partial charge < -0.3 is 20.7 Å². The predicted octanol–water partition coefficient (Wildman–Crippen LogP) is 0.476. The number of ether oxygens (including phenoxy) is 1. The van der Waals surface area contributed by atoms with E-state index < -0.39 is 6.04 Å². The Morgan fingerprint density at radius 3 is 2.67 bits per heavy atom. The van der Waals surface area contributed by atoms with E-state index in [0.717, 1.165) is 0 Å². The minimum absolute atomic E-state index is 0. The number of anilines is 1. The van der Waals surface area contributed by atoms with Gasteiger partial charge in [0, 0.05) is 19.3 Å². The van der Waals surface area contributed by atoms with Crippen LogP contribution in [0.4, 0.5) is 5.69 Å². The van der Waals surface area contributed by atoms with Crippen LogP contribution in [-0.2, 0) is 20.9 Å². The van der Waals surface area contributed by atoms with Crippen LogP contribution >= 0.6 is 12.4 Å². The van der Waals surface area contributed by atoms with Gasteiger partial charge in [-0.05, 0) is 12.3 Å². The number of morpholine rings is 1. The van der Waals surface area contributed by atoms with Crippen LogP contribution < -0.4 is 11.1 Å². The maximum Gasteiger partial charge on any atom is 0.244 e. The van der Waals surface area contributed by atoms with Crippen molar-refractivity contribution in [3.8, 4) is 0 Å². The topological polar surface area (TPSA) is 102 Å². The van der Waals surface area contributed by atoms with Gasteiger partial charge in [-0.3, -0.25) is 14.3 Å². The van der Waals surface area contributed by atoms with E-state index >= 15 is 0 Å². The van der Waals surface area contributed by atoms with E-state index in [2.05, 4.69) is 10.4 Å². The van der Waals surface area contributed by atoms with E-state index in [1.54, 1.807) is 11.1 Å². The summed E-state index contributed by atoms with van der Waals surface area (Å²) < 4.78 is 6.74. The number of nitrogens with two attached hydrogens (primary N) is 1. The zero-order valence-corrected chi connectivity index (χ0v) is 14.9. The van der Waals surface area contributed by atoms with Gasteiger partial charge in [0.05, 0.1) is 31.1 Å². The second-order valence-corrected chi connectivity index (χ2v) is 6.15. The van der Waals surface area contributed by atoms with Gasteiger partial charge >= 0.3 is 0 Å². The highest BCUT2D eigenvalue weighted by Gasteiger charge is 2.18. The molecule has 1 fully saturated rings. The molecular weight excluding hydrogens is 334 g/mol. The number of amides is 2. The van der Waals surface area contributed by atoms with Crippen LogP contribution in [0.15, 0.2) is 12.4 Å². The maximum absolute atomic E-state index is 12.1. The van der Waals surface area contributed by atoms with Gasteiger partial charge in [0.1, 0.15) is 6.54 Å². The van der Waals surface area contributed by atoms with Crippen LogP contribution in [0.3, 0.4) is 0 Å². The number of carbonyl (C=O) groups excluding carboxylic acids is 2. The third kappa shape index (κ3) is 6.10. The number of halogens is 1. The number of hydrogen-bond acceptors (Lipinski definition) is 5. The van der Waals surface area contributed by atoms with E-state index in [0.29, 0.717) is 44.3 Å². The zero-order valence-electron chi connectivity index (χ0n) is 14.1. The summed E-state index contributed by atoms with van der Waals surface area (Å²) in [5.74, 6) is 0.105. The quantitative estimate of drug-likeness (QED) is 0.768. The molecule has 0 bridgehead atoms. The Kier molecular flexibility index (Phi) is 8.17. The average molecular weight is 360 g/mol. The lowest BCUT2D eigenvalue weighted by atomic mass is 10.0. The van der Waals surface area contributed by atoms with Crippen molar-refractivity contribution in [1.82, 2.24) is 14.7 Å². The fraction of sp³-hybridized carbons (Fsp3) is 0.667. The second-order valence-electron chi connectivity index (χ2n) is 6.15. The minimum Gasteiger partial charge on any atom is -0.378 e. The van der Waals surface area contributed by atoms with Crippen molar-refractivity contribution >= 4 is 29.9 Å². The van der Waals surface area contributed by atoms with Crippen molar-refractivity contribution in [2.75, 3.05) is 31.6 Å². The van der Waals surface area contributed by atoms with Gasteiger partial charge in [0.25, 0.3) is 0 Å². The number of aromatic nitrogens is 2. The van der Waals surface area contributed by atoms with E-state index in [4.69, 9.17) is 10.5 Å². The summed E-state index contributed by atoms with van der Waals surface area (Å²) >= 11 is 0. The van der Waals surface area contributed by atoms with Crippen LogP contribution in [0.25, 0.3) is 0 Å². The van der Waals surface area contributed by atoms with Gasteiger partial charge in [-0.25, -0.2) is 0 Å². The third-order valence-electron chi connectivity index (χ3n) is 3.62. The number of nitrogens with one attached hydrogen (secondary N) is 1. The molecule has 1 aromatic rings. The first-order valence-corrected chi connectivity index (χ1v) is 7.90. The van der Waals surface area contributed by atoms with Gasteiger partial charge in [-0.2, -0.15) is 5.10 Å². The summed E-state index contributed by atoms with van der Waals surface area (Å²) in [6.45, 7) is 6.53. The van der Waals surface area contributed by atoms with E-state index in [9.17, 15) is 9.59 Å². The first-order chi connectivity index (χ1) is 11.0. The number of rotatable bonds is 6. The molecule has 2 amide bonds. The minimum atomic E-state index is -0.548. The molecule has 0 aliphatic carbocycles.